The van der Waals surface area contributed by atoms with Gasteiger partial charge in [0.15, 0.2) is 0 Å². The highest BCUT2D eigenvalue weighted by Crippen LogP contribution is 2.37. The number of ether oxygens (including phenoxy) is 1. The molecule has 108 valence electrons. The molecule has 0 atom stereocenters. The molecule has 20 heavy (non-hydrogen) atoms. The number of rotatable bonds is 4. The zero-order chi connectivity index (χ0) is 14.9. The van der Waals surface area contributed by atoms with Crippen LogP contribution in [0.25, 0.3) is 10.6 Å². The number of nitrogens with zero attached hydrogens (tertiary/aromatic N) is 1. The fourth-order valence-electron chi connectivity index (χ4n) is 1.87. The molecule has 0 unspecified atom stereocenters. The number of thiazole rings is 1. The molecule has 6 heteroatoms. The van der Waals surface area contributed by atoms with Gasteiger partial charge in [0.05, 0.1) is 28.3 Å². The molecule has 0 saturated carbocycles. The third-order valence-corrected chi connectivity index (χ3v) is 4.14. The van der Waals surface area contributed by atoms with Crippen LogP contribution in [0.2, 0.25) is 0 Å². The second-order valence-electron chi connectivity index (χ2n) is 4.88. The van der Waals surface area contributed by atoms with Gasteiger partial charge in [-0.05, 0) is 26.0 Å². The van der Waals surface area contributed by atoms with Crippen LogP contribution in [0.4, 0.5) is 8.78 Å². The van der Waals surface area contributed by atoms with Gasteiger partial charge < -0.3 is 9.84 Å². The van der Waals surface area contributed by atoms with Crippen LogP contribution in [0.1, 0.15) is 24.4 Å². The highest BCUT2D eigenvalue weighted by Gasteiger charge is 2.27. The van der Waals surface area contributed by atoms with Gasteiger partial charge in [-0.25, -0.2) is 13.8 Å². The predicted octanol–water partition coefficient (Wildman–Crippen LogP) is 3.46. The summed E-state index contributed by atoms with van der Waals surface area (Å²) in [6.45, 7) is 3.37. The molecule has 0 aliphatic rings. The first kappa shape index (κ1) is 15.0. The van der Waals surface area contributed by atoms with E-state index >= 15 is 0 Å². The number of hydrogen-bond donors (Lipinski definition) is 1. The fourth-order valence-corrected chi connectivity index (χ4v) is 2.99. The van der Waals surface area contributed by atoms with Gasteiger partial charge in [0.1, 0.15) is 16.6 Å². The third kappa shape index (κ3) is 2.87. The van der Waals surface area contributed by atoms with Gasteiger partial charge in [-0.1, -0.05) is 6.07 Å². The van der Waals surface area contributed by atoms with Crippen molar-refractivity contribution in [3.05, 3.63) is 40.4 Å². The van der Waals surface area contributed by atoms with Gasteiger partial charge >= 0.3 is 0 Å². The number of methoxy groups -OCH3 is 1. The predicted molar refractivity (Wildman–Crippen MR) is 73.4 cm³/mol. The molecule has 2 rings (SSSR count). The van der Waals surface area contributed by atoms with Crippen molar-refractivity contribution in [2.45, 2.75) is 26.1 Å². The zero-order valence-electron chi connectivity index (χ0n) is 11.4. The van der Waals surface area contributed by atoms with Crippen molar-refractivity contribution in [3.63, 3.8) is 0 Å². The Kier molecular flexibility index (Phi) is 4.17. The number of halogens is 2. The topological polar surface area (TPSA) is 42.4 Å². The van der Waals surface area contributed by atoms with Crippen molar-refractivity contribution in [1.29, 1.82) is 0 Å². The van der Waals surface area contributed by atoms with E-state index in [0.717, 1.165) is 11.3 Å². The van der Waals surface area contributed by atoms with E-state index in [1.54, 1.807) is 13.8 Å². The molecule has 0 radical (unpaired) electrons. The van der Waals surface area contributed by atoms with Crippen molar-refractivity contribution < 1.29 is 18.6 Å². The maximum Gasteiger partial charge on any atom is 0.136 e. The quantitative estimate of drug-likeness (QED) is 0.940. The molecular weight excluding hydrogens is 284 g/mol. The van der Waals surface area contributed by atoms with E-state index in [0.29, 0.717) is 10.6 Å². The molecule has 3 nitrogen and oxygen atoms in total. The van der Waals surface area contributed by atoms with Crippen LogP contribution in [-0.2, 0) is 16.9 Å². The Labute approximate surface area is 119 Å². The van der Waals surface area contributed by atoms with Gasteiger partial charge in [0.25, 0.3) is 0 Å². The van der Waals surface area contributed by atoms with Gasteiger partial charge in [0.2, 0.25) is 0 Å². The summed E-state index contributed by atoms with van der Waals surface area (Å²) < 4.78 is 32.6. The standard InChI is InChI=1S/C14H15F2NO2S/c1-14(2,18)12-10(7-19-3)17-13(20-12)11-8(15)5-4-6-9(11)16/h4-6,18H,7H2,1-3H3. The lowest BCUT2D eigenvalue weighted by molar-refractivity contribution is 0.0782. The van der Waals surface area contributed by atoms with E-state index in [9.17, 15) is 13.9 Å². The van der Waals surface area contributed by atoms with Crippen LogP contribution in [0.15, 0.2) is 18.2 Å². The molecule has 0 aliphatic heterocycles. The maximum absolute atomic E-state index is 13.8. The minimum atomic E-state index is -1.15. The van der Waals surface area contributed by atoms with E-state index in [1.165, 1.54) is 25.3 Å². The molecule has 0 fully saturated rings. The highest BCUT2D eigenvalue weighted by molar-refractivity contribution is 7.15. The van der Waals surface area contributed by atoms with Crippen LogP contribution in [0, 0.1) is 11.6 Å². The van der Waals surface area contributed by atoms with E-state index in [4.69, 9.17) is 4.74 Å². The van der Waals surface area contributed by atoms with Crippen LogP contribution in [-0.4, -0.2) is 17.2 Å². The third-order valence-electron chi connectivity index (χ3n) is 2.71. The average Bonchev–Trinajstić information content (AvgIpc) is 2.73. The molecule has 1 N–H and O–H groups in total. The smallest absolute Gasteiger partial charge is 0.136 e. The molecule has 0 aliphatic carbocycles. The number of aliphatic hydroxyl groups is 1. The summed E-state index contributed by atoms with van der Waals surface area (Å²) in [4.78, 5) is 4.75. The number of hydrogen-bond acceptors (Lipinski definition) is 4. The molecule has 1 aromatic heterocycles. The van der Waals surface area contributed by atoms with Crippen molar-refractivity contribution in [3.8, 4) is 10.6 Å². The second-order valence-corrected chi connectivity index (χ2v) is 5.88. The Hall–Kier alpha value is -1.37. The fraction of sp³-hybridized carbons (Fsp3) is 0.357. The van der Waals surface area contributed by atoms with Gasteiger partial charge in [-0.3, -0.25) is 0 Å². The first-order chi connectivity index (χ1) is 9.34. The van der Waals surface area contributed by atoms with Gasteiger partial charge in [-0.2, -0.15) is 0 Å². The molecule has 0 saturated heterocycles. The largest absolute Gasteiger partial charge is 0.385 e. The second kappa shape index (κ2) is 5.55. The Balaban J connectivity index is 2.59. The Morgan fingerprint density at radius 2 is 1.90 bits per heavy atom. The average molecular weight is 299 g/mol. The van der Waals surface area contributed by atoms with Crippen molar-refractivity contribution >= 4 is 11.3 Å². The summed E-state index contributed by atoms with van der Waals surface area (Å²) in [5.41, 5.74) is -0.834. The number of benzene rings is 1. The first-order valence-corrected chi connectivity index (χ1v) is 6.82. The lowest BCUT2D eigenvalue weighted by Gasteiger charge is -2.16. The Bertz CT molecular complexity index is 600. The first-order valence-electron chi connectivity index (χ1n) is 6.00. The normalized spacial score (nSPS) is 11.9. The summed E-state index contributed by atoms with van der Waals surface area (Å²) >= 11 is 1.07. The molecule has 1 heterocycles. The van der Waals surface area contributed by atoms with E-state index in [2.05, 4.69) is 4.98 Å². The van der Waals surface area contributed by atoms with E-state index in [-0.39, 0.29) is 17.2 Å². The molecule has 0 amide bonds. The molecule has 0 spiro atoms. The number of aromatic nitrogens is 1. The van der Waals surface area contributed by atoms with Crippen LogP contribution >= 0.6 is 11.3 Å². The van der Waals surface area contributed by atoms with Crippen LogP contribution in [0.5, 0.6) is 0 Å². The van der Waals surface area contributed by atoms with Crippen molar-refractivity contribution in [1.82, 2.24) is 4.98 Å². The lowest BCUT2D eigenvalue weighted by atomic mass is 10.1. The SMILES string of the molecule is COCc1nc(-c2c(F)cccc2F)sc1C(C)(C)O. The highest BCUT2D eigenvalue weighted by atomic mass is 32.1. The molecule has 1 aromatic carbocycles. The van der Waals surface area contributed by atoms with Crippen molar-refractivity contribution in [2.75, 3.05) is 7.11 Å². The van der Waals surface area contributed by atoms with Gasteiger partial charge in [-0.15, -0.1) is 11.3 Å². The van der Waals surface area contributed by atoms with Crippen molar-refractivity contribution in [2.24, 2.45) is 0 Å². The van der Waals surface area contributed by atoms with Gasteiger partial charge in [0, 0.05) is 7.11 Å². The summed E-state index contributed by atoms with van der Waals surface area (Å²) in [5.74, 6) is -1.35. The summed E-state index contributed by atoms with van der Waals surface area (Å²) in [6, 6.07) is 3.66. The summed E-state index contributed by atoms with van der Waals surface area (Å²) in [6.07, 6.45) is 0. The summed E-state index contributed by atoms with van der Waals surface area (Å²) in [5, 5.41) is 10.3. The monoisotopic (exact) mass is 299 g/mol. The molecule has 2 aromatic rings. The van der Waals surface area contributed by atoms with Crippen LogP contribution in [0.3, 0.4) is 0 Å². The van der Waals surface area contributed by atoms with E-state index in [1.807, 2.05) is 0 Å². The summed E-state index contributed by atoms with van der Waals surface area (Å²) in [7, 11) is 1.50. The minimum Gasteiger partial charge on any atom is -0.385 e. The van der Waals surface area contributed by atoms with E-state index < -0.39 is 17.2 Å². The Morgan fingerprint density at radius 3 is 2.40 bits per heavy atom. The van der Waals surface area contributed by atoms with Crippen LogP contribution < -0.4 is 0 Å². The Morgan fingerprint density at radius 1 is 1.30 bits per heavy atom. The molecular formula is C14H15F2NO2S. The zero-order valence-corrected chi connectivity index (χ0v) is 12.2. The minimum absolute atomic E-state index is 0.173. The lowest BCUT2D eigenvalue weighted by Crippen LogP contribution is -2.16. The maximum atomic E-state index is 13.8. The molecule has 0 bridgehead atoms.